The molecular formula is C25H27N3O3. The number of hydrogen-bond donors (Lipinski definition) is 2. The molecule has 31 heavy (non-hydrogen) atoms. The van der Waals surface area contributed by atoms with Gasteiger partial charge in [0.15, 0.2) is 0 Å². The van der Waals surface area contributed by atoms with Gasteiger partial charge in [-0.15, -0.1) is 0 Å². The van der Waals surface area contributed by atoms with E-state index >= 15 is 0 Å². The van der Waals surface area contributed by atoms with Gasteiger partial charge in [-0.25, -0.2) is 9.59 Å². The summed E-state index contributed by atoms with van der Waals surface area (Å²) in [6, 6.07) is 23.4. The Kier molecular flexibility index (Phi) is 7.76. The van der Waals surface area contributed by atoms with Gasteiger partial charge in [0.1, 0.15) is 6.04 Å². The first-order chi connectivity index (χ1) is 15.1. The van der Waals surface area contributed by atoms with Gasteiger partial charge in [-0.2, -0.15) is 0 Å². The quantitative estimate of drug-likeness (QED) is 0.546. The largest absolute Gasteiger partial charge is 0.467 e. The number of aromatic nitrogens is 1. The second kappa shape index (κ2) is 10.9. The number of methoxy groups -OCH3 is 1. The molecule has 0 fully saturated rings. The molecule has 2 amide bonds. The SMILES string of the molecule is CCc1cccc(C[C@H](NC(=O)NC(c2ccccc2)c2ccccc2)C(=O)OC)n1. The zero-order valence-corrected chi connectivity index (χ0v) is 17.7. The van der Waals surface area contributed by atoms with Gasteiger partial charge in [-0.05, 0) is 29.7 Å². The molecule has 0 saturated heterocycles. The third-order valence-corrected chi connectivity index (χ3v) is 4.97. The highest BCUT2D eigenvalue weighted by atomic mass is 16.5. The highest BCUT2D eigenvalue weighted by Gasteiger charge is 2.24. The molecule has 0 aliphatic heterocycles. The van der Waals surface area contributed by atoms with E-state index in [9.17, 15) is 9.59 Å². The van der Waals surface area contributed by atoms with Crippen LogP contribution in [0.2, 0.25) is 0 Å². The van der Waals surface area contributed by atoms with Gasteiger partial charge >= 0.3 is 12.0 Å². The maximum Gasteiger partial charge on any atom is 0.328 e. The minimum Gasteiger partial charge on any atom is -0.467 e. The van der Waals surface area contributed by atoms with Gasteiger partial charge in [0, 0.05) is 17.8 Å². The van der Waals surface area contributed by atoms with Crippen LogP contribution in [-0.2, 0) is 22.4 Å². The van der Waals surface area contributed by atoms with E-state index in [0.29, 0.717) is 0 Å². The number of nitrogens with zero attached hydrogens (tertiary/aromatic N) is 1. The van der Waals surface area contributed by atoms with Crippen molar-refractivity contribution in [2.75, 3.05) is 7.11 Å². The Hall–Kier alpha value is -3.67. The molecule has 0 radical (unpaired) electrons. The molecule has 0 unspecified atom stereocenters. The number of carbonyl (C=O) groups is 2. The predicted molar refractivity (Wildman–Crippen MR) is 120 cm³/mol. The standard InChI is InChI=1S/C25H27N3O3/c1-3-20-15-10-16-21(26-20)17-22(24(29)31-2)27-25(30)28-23(18-11-6-4-7-12-18)19-13-8-5-9-14-19/h4-16,22-23H,3,17H2,1-2H3,(H2,27,28,30)/t22-/m0/s1. The lowest BCUT2D eigenvalue weighted by Crippen LogP contribution is -2.48. The van der Waals surface area contributed by atoms with E-state index in [1.807, 2.05) is 85.8 Å². The van der Waals surface area contributed by atoms with Crippen molar-refractivity contribution in [3.63, 3.8) is 0 Å². The summed E-state index contributed by atoms with van der Waals surface area (Å²) in [5, 5.41) is 5.75. The third kappa shape index (κ3) is 6.15. The molecule has 1 aromatic heterocycles. The molecule has 6 nitrogen and oxygen atoms in total. The van der Waals surface area contributed by atoms with Crippen molar-refractivity contribution < 1.29 is 14.3 Å². The Labute approximate surface area is 182 Å². The number of nitrogens with one attached hydrogen (secondary N) is 2. The maximum absolute atomic E-state index is 12.9. The normalized spacial score (nSPS) is 11.6. The van der Waals surface area contributed by atoms with Crippen LogP contribution in [0.4, 0.5) is 4.79 Å². The Balaban J connectivity index is 1.77. The number of pyridine rings is 1. The van der Waals surface area contributed by atoms with E-state index < -0.39 is 18.0 Å². The molecule has 1 atom stereocenters. The number of benzene rings is 2. The topological polar surface area (TPSA) is 80.3 Å². The van der Waals surface area contributed by atoms with Crippen LogP contribution in [0.3, 0.4) is 0 Å². The van der Waals surface area contributed by atoms with Crippen molar-refractivity contribution in [2.24, 2.45) is 0 Å². The molecule has 1 heterocycles. The molecule has 3 aromatic rings. The lowest BCUT2D eigenvalue weighted by atomic mass is 9.99. The lowest BCUT2D eigenvalue weighted by molar-refractivity contribution is -0.142. The van der Waals surface area contributed by atoms with E-state index in [2.05, 4.69) is 15.6 Å². The summed E-state index contributed by atoms with van der Waals surface area (Å²) < 4.78 is 4.91. The molecule has 3 rings (SSSR count). The number of urea groups is 1. The van der Waals surface area contributed by atoms with Crippen LogP contribution >= 0.6 is 0 Å². The monoisotopic (exact) mass is 417 g/mol. The smallest absolute Gasteiger partial charge is 0.328 e. The van der Waals surface area contributed by atoms with Gasteiger partial charge < -0.3 is 15.4 Å². The Morgan fingerprint density at radius 3 is 1.97 bits per heavy atom. The molecule has 160 valence electrons. The summed E-state index contributed by atoms with van der Waals surface area (Å²) in [5.41, 5.74) is 3.53. The van der Waals surface area contributed by atoms with Crippen molar-refractivity contribution in [3.05, 3.63) is 101 Å². The predicted octanol–water partition coefficient (Wildman–Crippen LogP) is 3.82. The number of ether oxygens (including phenoxy) is 1. The fraction of sp³-hybridized carbons (Fsp3) is 0.240. The Morgan fingerprint density at radius 1 is 0.839 bits per heavy atom. The van der Waals surface area contributed by atoms with Crippen LogP contribution in [0.15, 0.2) is 78.9 Å². The summed E-state index contributed by atoms with van der Waals surface area (Å²) in [5.74, 6) is -0.519. The second-order valence-electron chi connectivity index (χ2n) is 7.13. The molecule has 2 aromatic carbocycles. The minimum absolute atomic E-state index is 0.245. The van der Waals surface area contributed by atoms with Crippen LogP contribution in [0.5, 0.6) is 0 Å². The fourth-order valence-corrected chi connectivity index (χ4v) is 3.37. The first-order valence-electron chi connectivity index (χ1n) is 10.3. The zero-order valence-electron chi connectivity index (χ0n) is 17.7. The molecule has 0 bridgehead atoms. The number of carbonyl (C=O) groups excluding carboxylic acids is 2. The maximum atomic E-state index is 12.9. The van der Waals surface area contributed by atoms with Crippen LogP contribution < -0.4 is 10.6 Å². The summed E-state index contributed by atoms with van der Waals surface area (Å²) in [4.78, 5) is 29.8. The van der Waals surface area contributed by atoms with Crippen molar-refractivity contribution in [1.82, 2.24) is 15.6 Å². The number of rotatable bonds is 8. The summed E-state index contributed by atoms with van der Waals surface area (Å²) in [6.45, 7) is 2.02. The van der Waals surface area contributed by atoms with Gasteiger partial charge in [0.2, 0.25) is 0 Å². The summed E-state index contributed by atoms with van der Waals surface area (Å²) in [7, 11) is 1.31. The average molecular weight is 418 g/mol. The van der Waals surface area contributed by atoms with E-state index in [4.69, 9.17) is 4.74 Å². The molecular weight excluding hydrogens is 390 g/mol. The summed E-state index contributed by atoms with van der Waals surface area (Å²) in [6.07, 6.45) is 1.04. The Bertz CT molecular complexity index is 954. The average Bonchev–Trinajstić information content (AvgIpc) is 2.83. The van der Waals surface area contributed by atoms with E-state index in [0.717, 1.165) is 28.9 Å². The van der Waals surface area contributed by atoms with Crippen LogP contribution in [-0.4, -0.2) is 30.1 Å². The van der Waals surface area contributed by atoms with Crippen molar-refractivity contribution in [3.8, 4) is 0 Å². The summed E-state index contributed by atoms with van der Waals surface area (Å²) >= 11 is 0. The third-order valence-electron chi connectivity index (χ3n) is 4.97. The van der Waals surface area contributed by atoms with Crippen LogP contribution in [0.1, 0.15) is 35.5 Å². The van der Waals surface area contributed by atoms with Crippen molar-refractivity contribution >= 4 is 12.0 Å². The van der Waals surface area contributed by atoms with Gasteiger partial charge in [0.25, 0.3) is 0 Å². The van der Waals surface area contributed by atoms with Gasteiger partial charge in [-0.1, -0.05) is 73.7 Å². The molecule has 0 aliphatic rings. The van der Waals surface area contributed by atoms with Crippen molar-refractivity contribution in [2.45, 2.75) is 31.8 Å². The van der Waals surface area contributed by atoms with E-state index in [-0.39, 0.29) is 12.5 Å². The number of aryl methyl sites for hydroxylation is 1. The molecule has 0 spiro atoms. The lowest BCUT2D eigenvalue weighted by Gasteiger charge is -2.22. The van der Waals surface area contributed by atoms with Crippen molar-refractivity contribution in [1.29, 1.82) is 0 Å². The highest BCUT2D eigenvalue weighted by Crippen LogP contribution is 2.21. The van der Waals surface area contributed by atoms with Gasteiger partial charge in [-0.3, -0.25) is 4.98 Å². The van der Waals surface area contributed by atoms with Crippen LogP contribution in [0, 0.1) is 0 Å². The first kappa shape index (κ1) is 22.0. The molecule has 0 aliphatic carbocycles. The Morgan fingerprint density at radius 2 is 1.42 bits per heavy atom. The minimum atomic E-state index is -0.850. The zero-order chi connectivity index (χ0) is 22.1. The van der Waals surface area contributed by atoms with Gasteiger partial charge in [0.05, 0.1) is 13.2 Å². The van der Waals surface area contributed by atoms with Crippen LogP contribution in [0.25, 0.3) is 0 Å². The second-order valence-corrected chi connectivity index (χ2v) is 7.13. The number of esters is 1. The van der Waals surface area contributed by atoms with E-state index in [1.165, 1.54) is 7.11 Å². The number of hydrogen-bond acceptors (Lipinski definition) is 4. The fourth-order valence-electron chi connectivity index (χ4n) is 3.37. The molecule has 2 N–H and O–H groups in total. The first-order valence-corrected chi connectivity index (χ1v) is 10.3. The highest BCUT2D eigenvalue weighted by molar-refractivity contribution is 5.84. The molecule has 6 heteroatoms. The number of amides is 2. The molecule has 0 saturated carbocycles. The van der Waals surface area contributed by atoms with E-state index in [1.54, 1.807) is 0 Å².